The summed E-state index contributed by atoms with van der Waals surface area (Å²) in [5.74, 6) is -0.380. The molecule has 2 amide bonds. The van der Waals surface area contributed by atoms with Crippen LogP contribution in [0.4, 0.5) is 17.1 Å². The molecule has 0 aliphatic carbocycles. The number of hydrogen-bond acceptors (Lipinski definition) is 5. The van der Waals surface area contributed by atoms with E-state index in [9.17, 15) is 18.0 Å². The number of sulfonamides is 1. The van der Waals surface area contributed by atoms with Crippen LogP contribution in [0.5, 0.6) is 0 Å². The fourth-order valence-electron chi connectivity index (χ4n) is 3.97. The number of carbonyl (C=O) groups excluding carboxylic acids is 2. The molecule has 2 heterocycles. The third kappa shape index (κ3) is 4.58. The van der Waals surface area contributed by atoms with Gasteiger partial charge in [-0.2, -0.15) is 0 Å². The predicted molar refractivity (Wildman–Crippen MR) is 127 cm³/mol. The van der Waals surface area contributed by atoms with E-state index in [-0.39, 0.29) is 16.7 Å². The number of pyridine rings is 1. The van der Waals surface area contributed by atoms with Gasteiger partial charge in [0.25, 0.3) is 15.9 Å². The number of rotatable bonds is 5. The van der Waals surface area contributed by atoms with Crippen LogP contribution in [0.1, 0.15) is 34.0 Å². The molecule has 0 atom stereocenters. The number of amides is 2. The summed E-state index contributed by atoms with van der Waals surface area (Å²) in [7, 11) is -3.89. The van der Waals surface area contributed by atoms with Gasteiger partial charge in [0.05, 0.1) is 10.6 Å². The number of nitrogens with zero attached hydrogens (tertiary/aromatic N) is 2. The number of nitrogens with one attached hydrogen (secondary N) is 2. The first-order valence-corrected chi connectivity index (χ1v) is 11.9. The van der Waals surface area contributed by atoms with E-state index < -0.39 is 10.0 Å². The number of fused-ring (bicyclic) bond motifs is 1. The summed E-state index contributed by atoms with van der Waals surface area (Å²) in [6.45, 7) is 5.42. The van der Waals surface area contributed by atoms with Gasteiger partial charge in [0, 0.05) is 42.8 Å². The average molecular weight is 465 g/mol. The van der Waals surface area contributed by atoms with Crippen LogP contribution in [0.2, 0.25) is 0 Å². The molecule has 1 aromatic heterocycles. The molecule has 3 aromatic rings. The molecule has 1 aliphatic rings. The fraction of sp³-hybridized carbons (Fsp3) is 0.208. The summed E-state index contributed by atoms with van der Waals surface area (Å²) < 4.78 is 28.8. The highest BCUT2D eigenvalue weighted by Crippen LogP contribution is 2.33. The second-order valence-corrected chi connectivity index (χ2v) is 9.69. The van der Waals surface area contributed by atoms with Gasteiger partial charge in [0.1, 0.15) is 0 Å². The quantitative estimate of drug-likeness (QED) is 0.599. The number of benzene rings is 2. The normalized spacial score (nSPS) is 12.9. The zero-order chi connectivity index (χ0) is 23.8. The van der Waals surface area contributed by atoms with E-state index in [1.807, 2.05) is 6.07 Å². The molecule has 8 nitrogen and oxygen atoms in total. The van der Waals surface area contributed by atoms with Crippen molar-refractivity contribution in [1.82, 2.24) is 4.98 Å². The zero-order valence-corrected chi connectivity index (χ0v) is 19.4. The molecule has 170 valence electrons. The summed E-state index contributed by atoms with van der Waals surface area (Å²) in [5.41, 5.74) is 4.45. The minimum Gasteiger partial charge on any atom is -0.326 e. The Morgan fingerprint density at radius 2 is 1.67 bits per heavy atom. The molecule has 0 fully saturated rings. The first-order valence-electron chi connectivity index (χ1n) is 10.4. The molecule has 9 heteroatoms. The second kappa shape index (κ2) is 8.67. The maximum atomic E-state index is 13.1. The topological polar surface area (TPSA) is 108 Å². The first-order chi connectivity index (χ1) is 15.7. The van der Waals surface area contributed by atoms with Crippen molar-refractivity contribution in [2.75, 3.05) is 21.5 Å². The number of anilines is 3. The third-order valence-electron chi connectivity index (χ3n) is 5.52. The largest absolute Gasteiger partial charge is 0.326 e. The molecule has 0 spiro atoms. The number of hydrogen-bond donors (Lipinski definition) is 2. The van der Waals surface area contributed by atoms with Crippen molar-refractivity contribution in [2.45, 2.75) is 32.1 Å². The van der Waals surface area contributed by atoms with Crippen molar-refractivity contribution in [3.05, 3.63) is 77.1 Å². The minimum absolute atomic E-state index is 0.0943. The van der Waals surface area contributed by atoms with Crippen molar-refractivity contribution < 1.29 is 18.0 Å². The Morgan fingerprint density at radius 3 is 2.30 bits per heavy atom. The van der Waals surface area contributed by atoms with Gasteiger partial charge in [-0.05, 0) is 73.4 Å². The second-order valence-electron chi connectivity index (χ2n) is 8.00. The van der Waals surface area contributed by atoms with Crippen LogP contribution in [-0.4, -0.2) is 31.8 Å². The van der Waals surface area contributed by atoms with Crippen LogP contribution in [0.15, 0.2) is 59.8 Å². The lowest BCUT2D eigenvalue weighted by Gasteiger charge is -2.19. The van der Waals surface area contributed by atoms with Crippen LogP contribution < -0.4 is 14.9 Å². The lowest BCUT2D eigenvalue weighted by Crippen LogP contribution is -2.28. The molecular formula is C24H24N4O4S. The highest BCUT2D eigenvalue weighted by molar-refractivity contribution is 7.92. The molecule has 4 rings (SSSR count). The van der Waals surface area contributed by atoms with Crippen molar-refractivity contribution in [2.24, 2.45) is 0 Å². The highest BCUT2D eigenvalue weighted by Gasteiger charge is 2.27. The van der Waals surface area contributed by atoms with Crippen LogP contribution in [-0.2, 0) is 21.2 Å². The van der Waals surface area contributed by atoms with Gasteiger partial charge < -0.3 is 10.2 Å². The molecular weight excluding hydrogens is 440 g/mol. The number of carbonyl (C=O) groups is 2. The van der Waals surface area contributed by atoms with Gasteiger partial charge in [-0.3, -0.25) is 19.3 Å². The smallest absolute Gasteiger partial charge is 0.261 e. The van der Waals surface area contributed by atoms with Crippen LogP contribution in [0.25, 0.3) is 0 Å². The number of aryl methyl sites for hydroxylation is 2. The number of aromatic nitrogens is 1. The van der Waals surface area contributed by atoms with Crippen molar-refractivity contribution >= 4 is 38.9 Å². The van der Waals surface area contributed by atoms with Gasteiger partial charge in [-0.1, -0.05) is 6.07 Å². The molecule has 2 aromatic carbocycles. The maximum Gasteiger partial charge on any atom is 0.261 e. The van der Waals surface area contributed by atoms with E-state index in [0.717, 1.165) is 5.56 Å². The Bertz CT molecular complexity index is 1330. The molecule has 2 N–H and O–H groups in total. The van der Waals surface area contributed by atoms with Crippen LogP contribution >= 0.6 is 0 Å². The lowest BCUT2D eigenvalue weighted by molar-refractivity contribution is -0.114. The minimum atomic E-state index is -3.89. The summed E-state index contributed by atoms with van der Waals surface area (Å²) in [6.07, 6.45) is 3.83. The molecule has 0 saturated carbocycles. The Kier molecular flexibility index (Phi) is 5.90. The van der Waals surface area contributed by atoms with Crippen molar-refractivity contribution in [3.63, 3.8) is 0 Å². The standard InChI is InChI=1S/C24H24N4O4S/c1-15-12-21(13-16(2)23(15)26-17(3)29)33(31,32)27-20-5-4-18-8-11-28(22(18)14-20)24(30)19-6-9-25-10-7-19/h4-7,9-10,12-14,27H,8,11H2,1-3H3,(H,26,29). The molecule has 33 heavy (non-hydrogen) atoms. The van der Waals surface area contributed by atoms with Crippen LogP contribution in [0, 0.1) is 13.8 Å². The monoisotopic (exact) mass is 464 g/mol. The molecule has 0 bridgehead atoms. The SMILES string of the molecule is CC(=O)Nc1c(C)cc(S(=O)(=O)Nc2ccc3c(c2)N(C(=O)c2ccncc2)CC3)cc1C. The van der Waals surface area contributed by atoms with Crippen molar-refractivity contribution in [3.8, 4) is 0 Å². The zero-order valence-electron chi connectivity index (χ0n) is 18.5. The van der Waals surface area contributed by atoms with Crippen molar-refractivity contribution in [1.29, 1.82) is 0 Å². The Labute approximate surface area is 192 Å². The molecule has 0 radical (unpaired) electrons. The van der Waals surface area contributed by atoms with E-state index in [4.69, 9.17) is 0 Å². The highest BCUT2D eigenvalue weighted by atomic mass is 32.2. The Hall–Kier alpha value is -3.72. The van der Waals surface area contributed by atoms with Gasteiger partial charge >= 0.3 is 0 Å². The lowest BCUT2D eigenvalue weighted by atomic mass is 10.1. The molecule has 0 saturated heterocycles. The third-order valence-corrected chi connectivity index (χ3v) is 6.88. The average Bonchev–Trinajstić information content (AvgIpc) is 3.19. The summed E-state index contributed by atoms with van der Waals surface area (Å²) in [4.78, 5) is 30.1. The van der Waals surface area contributed by atoms with Gasteiger partial charge in [0.15, 0.2) is 0 Å². The van der Waals surface area contributed by atoms with E-state index in [2.05, 4.69) is 15.0 Å². The Morgan fingerprint density at radius 1 is 1.00 bits per heavy atom. The summed E-state index contributed by atoms with van der Waals surface area (Å²) in [5, 5.41) is 2.73. The van der Waals surface area contributed by atoms with E-state index >= 15 is 0 Å². The summed E-state index contributed by atoms with van der Waals surface area (Å²) >= 11 is 0. The predicted octanol–water partition coefficient (Wildman–Crippen LogP) is 3.66. The van der Waals surface area contributed by atoms with Gasteiger partial charge in [-0.25, -0.2) is 8.42 Å². The summed E-state index contributed by atoms with van der Waals surface area (Å²) in [6, 6.07) is 11.6. The fourth-order valence-corrected chi connectivity index (χ4v) is 5.19. The molecule has 0 unspecified atom stereocenters. The van der Waals surface area contributed by atoms with Gasteiger partial charge in [-0.15, -0.1) is 0 Å². The molecule has 1 aliphatic heterocycles. The first kappa shape index (κ1) is 22.5. The van der Waals surface area contributed by atoms with E-state index in [1.54, 1.807) is 55.4 Å². The maximum absolute atomic E-state index is 13.1. The van der Waals surface area contributed by atoms with E-state index in [1.165, 1.54) is 19.1 Å². The van der Waals surface area contributed by atoms with E-state index in [0.29, 0.717) is 46.7 Å². The Balaban J connectivity index is 1.62. The van der Waals surface area contributed by atoms with Gasteiger partial charge in [0.2, 0.25) is 5.91 Å². The van der Waals surface area contributed by atoms with Crippen LogP contribution in [0.3, 0.4) is 0 Å².